The van der Waals surface area contributed by atoms with Gasteiger partial charge in [0.05, 0.1) is 6.20 Å². The van der Waals surface area contributed by atoms with E-state index < -0.39 is 5.97 Å². The highest BCUT2D eigenvalue weighted by atomic mass is 32.1. The van der Waals surface area contributed by atoms with Crippen molar-refractivity contribution < 1.29 is 9.90 Å². The highest BCUT2D eigenvalue weighted by Gasteiger charge is 2.14. The third kappa shape index (κ3) is 1.25. The van der Waals surface area contributed by atoms with Crippen molar-refractivity contribution in [3.63, 3.8) is 0 Å². The summed E-state index contributed by atoms with van der Waals surface area (Å²) in [7, 11) is 0. The number of aromatic carboxylic acids is 1. The number of rotatable bonds is 1. The lowest BCUT2D eigenvalue weighted by molar-refractivity contribution is 0.0704. The van der Waals surface area contributed by atoms with Gasteiger partial charge in [-0.25, -0.2) is 14.8 Å². The molecule has 0 spiro atoms. The monoisotopic (exact) mass is 195 g/mol. The molecule has 2 aromatic rings. The van der Waals surface area contributed by atoms with Crippen LogP contribution in [0.1, 0.15) is 15.5 Å². The standard InChI is InChI=1S/C7H5N3O2S/c1-3-8-2-4-5(9-3)6(7(11)12)13-10-4/h2H,1H3,(H,11,12). The topological polar surface area (TPSA) is 76.0 Å². The summed E-state index contributed by atoms with van der Waals surface area (Å²) in [4.78, 5) is 18.8. The summed E-state index contributed by atoms with van der Waals surface area (Å²) in [6, 6.07) is 0. The van der Waals surface area contributed by atoms with Crippen LogP contribution < -0.4 is 0 Å². The fourth-order valence-electron chi connectivity index (χ4n) is 0.976. The summed E-state index contributed by atoms with van der Waals surface area (Å²) in [6.07, 6.45) is 1.53. The van der Waals surface area contributed by atoms with Gasteiger partial charge in [0.15, 0.2) is 4.88 Å². The summed E-state index contributed by atoms with van der Waals surface area (Å²) in [5.74, 6) is -0.444. The van der Waals surface area contributed by atoms with Gasteiger partial charge in [0.25, 0.3) is 0 Å². The second-order valence-electron chi connectivity index (χ2n) is 2.47. The molecular formula is C7H5N3O2S. The summed E-state index contributed by atoms with van der Waals surface area (Å²) >= 11 is 0.928. The molecule has 0 aliphatic carbocycles. The molecule has 13 heavy (non-hydrogen) atoms. The van der Waals surface area contributed by atoms with Gasteiger partial charge in [-0.05, 0) is 18.5 Å². The van der Waals surface area contributed by atoms with Gasteiger partial charge in [-0.2, -0.15) is 4.37 Å². The maximum Gasteiger partial charge on any atom is 0.349 e. The first kappa shape index (κ1) is 8.06. The first-order chi connectivity index (χ1) is 6.18. The largest absolute Gasteiger partial charge is 0.477 e. The van der Waals surface area contributed by atoms with Gasteiger partial charge in [-0.3, -0.25) is 0 Å². The number of aromatic nitrogens is 3. The van der Waals surface area contributed by atoms with E-state index in [4.69, 9.17) is 5.11 Å². The Balaban J connectivity index is 2.79. The normalized spacial score (nSPS) is 10.5. The van der Waals surface area contributed by atoms with Crippen molar-refractivity contribution in [2.75, 3.05) is 0 Å². The van der Waals surface area contributed by atoms with Gasteiger partial charge < -0.3 is 5.11 Å². The van der Waals surface area contributed by atoms with E-state index in [0.717, 1.165) is 11.5 Å². The Bertz CT molecular complexity index is 480. The van der Waals surface area contributed by atoms with Crippen LogP contribution in [0.5, 0.6) is 0 Å². The number of carboxylic acid groups (broad SMARTS) is 1. The Morgan fingerprint density at radius 1 is 1.62 bits per heavy atom. The minimum Gasteiger partial charge on any atom is -0.477 e. The minimum absolute atomic E-state index is 0.167. The highest BCUT2D eigenvalue weighted by molar-refractivity contribution is 7.09. The lowest BCUT2D eigenvalue weighted by Gasteiger charge is -1.91. The third-order valence-electron chi connectivity index (χ3n) is 1.53. The molecule has 0 amide bonds. The van der Waals surface area contributed by atoms with Gasteiger partial charge in [-0.15, -0.1) is 0 Å². The first-order valence-corrected chi connectivity index (χ1v) is 4.28. The maximum absolute atomic E-state index is 10.7. The van der Waals surface area contributed by atoms with Crippen molar-refractivity contribution in [2.24, 2.45) is 0 Å². The van der Waals surface area contributed by atoms with Crippen molar-refractivity contribution in [2.45, 2.75) is 6.92 Å². The molecule has 0 radical (unpaired) electrons. The molecule has 66 valence electrons. The van der Waals surface area contributed by atoms with E-state index in [1.807, 2.05) is 0 Å². The predicted molar refractivity (Wildman–Crippen MR) is 46.9 cm³/mol. The van der Waals surface area contributed by atoms with Crippen molar-refractivity contribution >= 4 is 28.5 Å². The molecule has 5 nitrogen and oxygen atoms in total. The Morgan fingerprint density at radius 3 is 3.08 bits per heavy atom. The summed E-state index contributed by atoms with van der Waals surface area (Å²) < 4.78 is 3.92. The molecule has 0 aliphatic heterocycles. The van der Waals surface area contributed by atoms with E-state index in [0.29, 0.717) is 16.9 Å². The summed E-state index contributed by atoms with van der Waals surface area (Å²) in [5.41, 5.74) is 0.956. The zero-order valence-corrected chi connectivity index (χ0v) is 7.50. The highest BCUT2D eigenvalue weighted by Crippen LogP contribution is 2.19. The molecule has 6 heteroatoms. The molecule has 1 N–H and O–H groups in total. The number of carboxylic acids is 1. The Kier molecular flexibility index (Phi) is 1.70. The second-order valence-corrected chi connectivity index (χ2v) is 3.24. The molecule has 0 aromatic carbocycles. The number of nitrogens with zero attached hydrogens (tertiary/aromatic N) is 3. The van der Waals surface area contributed by atoms with Gasteiger partial charge >= 0.3 is 5.97 Å². The molecule has 2 aromatic heterocycles. The van der Waals surface area contributed by atoms with Crippen molar-refractivity contribution in [1.29, 1.82) is 0 Å². The average molecular weight is 195 g/mol. The number of fused-ring (bicyclic) bond motifs is 1. The van der Waals surface area contributed by atoms with Crippen LogP contribution in [-0.4, -0.2) is 25.4 Å². The maximum atomic E-state index is 10.7. The van der Waals surface area contributed by atoms with E-state index >= 15 is 0 Å². The van der Waals surface area contributed by atoms with Crippen LogP contribution >= 0.6 is 11.5 Å². The summed E-state index contributed by atoms with van der Waals surface area (Å²) in [6.45, 7) is 1.71. The average Bonchev–Trinajstić information content (AvgIpc) is 2.46. The molecule has 0 saturated carbocycles. The molecule has 0 aliphatic rings. The first-order valence-electron chi connectivity index (χ1n) is 3.51. The molecule has 2 rings (SSSR count). The van der Waals surface area contributed by atoms with E-state index in [1.54, 1.807) is 6.92 Å². The van der Waals surface area contributed by atoms with Crippen LogP contribution in [-0.2, 0) is 0 Å². The van der Waals surface area contributed by atoms with Crippen LogP contribution in [0.4, 0.5) is 0 Å². The van der Waals surface area contributed by atoms with Gasteiger partial charge in [0.2, 0.25) is 0 Å². The zero-order chi connectivity index (χ0) is 9.42. The Morgan fingerprint density at radius 2 is 2.38 bits per heavy atom. The van der Waals surface area contributed by atoms with E-state index in [1.165, 1.54) is 6.20 Å². The zero-order valence-electron chi connectivity index (χ0n) is 6.68. The third-order valence-corrected chi connectivity index (χ3v) is 2.37. The van der Waals surface area contributed by atoms with Crippen molar-refractivity contribution in [3.05, 3.63) is 16.9 Å². The lowest BCUT2D eigenvalue weighted by atomic mass is 10.4. The predicted octanol–water partition coefficient (Wildman–Crippen LogP) is 1.09. The molecule has 0 atom stereocenters. The quantitative estimate of drug-likeness (QED) is 0.737. The Labute approximate surface area is 77.2 Å². The van der Waals surface area contributed by atoms with Crippen LogP contribution in [0, 0.1) is 6.92 Å². The van der Waals surface area contributed by atoms with E-state index in [9.17, 15) is 4.79 Å². The molecule has 2 heterocycles. The second kappa shape index (κ2) is 2.74. The molecular weight excluding hydrogens is 190 g/mol. The van der Waals surface area contributed by atoms with Gasteiger partial charge in [0.1, 0.15) is 16.9 Å². The fourth-order valence-corrected chi connectivity index (χ4v) is 1.61. The number of aryl methyl sites for hydroxylation is 1. The fraction of sp³-hybridized carbons (Fsp3) is 0.143. The minimum atomic E-state index is -0.995. The summed E-state index contributed by atoms with van der Waals surface area (Å²) in [5, 5.41) is 8.77. The molecule has 0 bridgehead atoms. The van der Waals surface area contributed by atoms with Crippen molar-refractivity contribution in [3.8, 4) is 0 Å². The lowest BCUT2D eigenvalue weighted by Crippen LogP contribution is -1.95. The smallest absolute Gasteiger partial charge is 0.349 e. The van der Waals surface area contributed by atoms with Crippen LogP contribution in [0.3, 0.4) is 0 Å². The number of carbonyl (C=O) groups is 1. The SMILES string of the molecule is Cc1ncc2nsc(C(=O)O)c2n1. The van der Waals surface area contributed by atoms with Crippen LogP contribution in [0.25, 0.3) is 11.0 Å². The number of hydrogen-bond donors (Lipinski definition) is 1. The molecule has 0 saturated heterocycles. The van der Waals surface area contributed by atoms with Crippen molar-refractivity contribution in [1.82, 2.24) is 14.3 Å². The molecule has 0 fully saturated rings. The van der Waals surface area contributed by atoms with E-state index in [2.05, 4.69) is 14.3 Å². The van der Waals surface area contributed by atoms with E-state index in [-0.39, 0.29) is 4.88 Å². The number of hydrogen-bond acceptors (Lipinski definition) is 5. The molecule has 0 unspecified atom stereocenters. The van der Waals surface area contributed by atoms with Crippen LogP contribution in [0.2, 0.25) is 0 Å². The Hall–Kier alpha value is -1.56. The van der Waals surface area contributed by atoms with Gasteiger partial charge in [0, 0.05) is 0 Å². The van der Waals surface area contributed by atoms with Gasteiger partial charge in [-0.1, -0.05) is 0 Å². The van der Waals surface area contributed by atoms with Crippen LogP contribution in [0.15, 0.2) is 6.20 Å².